The highest BCUT2D eigenvalue weighted by Crippen LogP contribution is 2.30. The molecule has 3 rings (SSSR count). The maximum atomic E-state index is 13.5. The molecule has 1 N–H and O–H groups in total. The van der Waals surface area contributed by atoms with Gasteiger partial charge in [0.25, 0.3) is 0 Å². The first kappa shape index (κ1) is 14.0. The van der Waals surface area contributed by atoms with E-state index in [1.54, 1.807) is 12.3 Å². The van der Waals surface area contributed by atoms with Crippen LogP contribution in [-0.2, 0) is 6.42 Å². The van der Waals surface area contributed by atoms with E-state index in [0.717, 1.165) is 42.9 Å². The van der Waals surface area contributed by atoms with Crippen molar-refractivity contribution in [2.24, 2.45) is 0 Å². The molecule has 1 aliphatic heterocycles. The highest BCUT2D eigenvalue weighted by Gasteiger charge is 2.18. The van der Waals surface area contributed by atoms with Gasteiger partial charge in [-0.15, -0.1) is 0 Å². The average molecular weight is 286 g/mol. The van der Waals surface area contributed by atoms with E-state index in [-0.39, 0.29) is 11.9 Å². The van der Waals surface area contributed by atoms with Crippen LogP contribution in [-0.4, -0.2) is 18.1 Å². The maximum absolute atomic E-state index is 13.5. The minimum atomic E-state index is -0.305. The summed E-state index contributed by atoms with van der Waals surface area (Å²) >= 11 is 0. The van der Waals surface area contributed by atoms with Crippen molar-refractivity contribution in [2.75, 3.05) is 13.2 Å². The second kappa shape index (κ2) is 6.22. The van der Waals surface area contributed by atoms with E-state index in [1.165, 1.54) is 11.8 Å². The van der Waals surface area contributed by atoms with E-state index in [1.807, 2.05) is 12.1 Å². The summed E-state index contributed by atoms with van der Waals surface area (Å²) in [7, 11) is 0. The van der Waals surface area contributed by atoms with Gasteiger partial charge in [-0.1, -0.05) is 19.1 Å². The Balaban J connectivity index is 1.95. The SMILES string of the molecule is CCCNC(c1cncc(F)c1)c1ccc2c(c1)CCO2. The van der Waals surface area contributed by atoms with Gasteiger partial charge in [-0.05, 0) is 41.8 Å². The van der Waals surface area contributed by atoms with Gasteiger partial charge in [0.05, 0.1) is 18.8 Å². The van der Waals surface area contributed by atoms with Gasteiger partial charge in [0.2, 0.25) is 0 Å². The zero-order valence-electron chi connectivity index (χ0n) is 12.1. The Morgan fingerprint density at radius 1 is 1.29 bits per heavy atom. The topological polar surface area (TPSA) is 34.2 Å². The monoisotopic (exact) mass is 286 g/mol. The van der Waals surface area contributed by atoms with Crippen LogP contribution in [0, 0.1) is 5.82 Å². The summed E-state index contributed by atoms with van der Waals surface area (Å²) in [6, 6.07) is 7.71. The summed E-state index contributed by atoms with van der Waals surface area (Å²) in [5.74, 6) is 0.658. The molecule has 0 saturated heterocycles. The minimum absolute atomic E-state index is 0.0425. The molecule has 110 valence electrons. The molecular weight excluding hydrogens is 267 g/mol. The molecule has 3 nitrogen and oxygen atoms in total. The molecule has 0 aliphatic carbocycles. The molecule has 0 fully saturated rings. The lowest BCUT2D eigenvalue weighted by Crippen LogP contribution is -2.23. The van der Waals surface area contributed by atoms with E-state index >= 15 is 0 Å². The summed E-state index contributed by atoms with van der Waals surface area (Å²) in [6.07, 6.45) is 4.91. The summed E-state index contributed by atoms with van der Waals surface area (Å²) in [6.45, 7) is 3.73. The van der Waals surface area contributed by atoms with E-state index in [2.05, 4.69) is 23.3 Å². The Morgan fingerprint density at radius 3 is 3.00 bits per heavy atom. The van der Waals surface area contributed by atoms with Gasteiger partial charge in [-0.25, -0.2) is 4.39 Å². The van der Waals surface area contributed by atoms with Crippen LogP contribution in [0.4, 0.5) is 4.39 Å². The minimum Gasteiger partial charge on any atom is -0.493 e. The number of aromatic nitrogens is 1. The van der Waals surface area contributed by atoms with Crippen LogP contribution in [0.15, 0.2) is 36.7 Å². The van der Waals surface area contributed by atoms with Crippen LogP contribution in [0.1, 0.15) is 36.1 Å². The molecular formula is C17H19FN2O. The van der Waals surface area contributed by atoms with Crippen molar-refractivity contribution in [2.45, 2.75) is 25.8 Å². The Hall–Kier alpha value is -1.94. The van der Waals surface area contributed by atoms with Gasteiger partial charge >= 0.3 is 0 Å². The lowest BCUT2D eigenvalue weighted by molar-refractivity contribution is 0.357. The fourth-order valence-electron chi connectivity index (χ4n) is 2.69. The molecule has 0 saturated carbocycles. The third-order valence-electron chi connectivity index (χ3n) is 3.70. The second-order valence-electron chi connectivity index (χ2n) is 5.29. The molecule has 1 atom stereocenters. The Bertz CT molecular complexity index is 630. The van der Waals surface area contributed by atoms with Crippen LogP contribution in [0.25, 0.3) is 0 Å². The molecule has 1 aromatic carbocycles. The van der Waals surface area contributed by atoms with Gasteiger partial charge in [-0.3, -0.25) is 4.98 Å². The first-order valence-electron chi connectivity index (χ1n) is 7.37. The van der Waals surface area contributed by atoms with Crippen LogP contribution in [0.2, 0.25) is 0 Å². The lowest BCUT2D eigenvalue weighted by Gasteiger charge is -2.20. The van der Waals surface area contributed by atoms with Gasteiger partial charge in [-0.2, -0.15) is 0 Å². The van der Waals surface area contributed by atoms with Crippen LogP contribution >= 0.6 is 0 Å². The number of pyridine rings is 1. The number of nitrogens with zero attached hydrogens (tertiary/aromatic N) is 1. The standard InChI is InChI=1S/C17H19FN2O/c1-2-6-20-17(14-9-15(18)11-19-10-14)13-3-4-16-12(8-13)5-7-21-16/h3-4,8-11,17,20H,2,5-7H2,1H3. The van der Waals surface area contributed by atoms with E-state index in [4.69, 9.17) is 4.74 Å². The van der Waals surface area contributed by atoms with Crippen LogP contribution in [0.3, 0.4) is 0 Å². The van der Waals surface area contributed by atoms with Gasteiger partial charge in [0.1, 0.15) is 11.6 Å². The number of rotatable bonds is 5. The third kappa shape index (κ3) is 3.05. The van der Waals surface area contributed by atoms with E-state index in [9.17, 15) is 4.39 Å². The largest absolute Gasteiger partial charge is 0.493 e. The number of benzene rings is 1. The normalized spacial score (nSPS) is 14.6. The number of fused-ring (bicyclic) bond motifs is 1. The molecule has 0 spiro atoms. The first-order chi connectivity index (χ1) is 10.3. The highest BCUT2D eigenvalue weighted by atomic mass is 19.1. The Labute approximate surface area is 124 Å². The summed E-state index contributed by atoms with van der Waals surface area (Å²) in [4.78, 5) is 3.97. The smallest absolute Gasteiger partial charge is 0.141 e. The summed E-state index contributed by atoms with van der Waals surface area (Å²) in [5, 5.41) is 3.47. The van der Waals surface area contributed by atoms with E-state index in [0.29, 0.717) is 0 Å². The van der Waals surface area contributed by atoms with E-state index < -0.39 is 0 Å². The Kier molecular flexibility index (Phi) is 4.15. The molecule has 0 bridgehead atoms. The third-order valence-corrected chi connectivity index (χ3v) is 3.70. The molecule has 21 heavy (non-hydrogen) atoms. The van der Waals surface area contributed by atoms with Crippen molar-refractivity contribution >= 4 is 0 Å². The number of hydrogen-bond acceptors (Lipinski definition) is 3. The van der Waals surface area contributed by atoms with Crippen molar-refractivity contribution in [3.05, 3.63) is 59.2 Å². The van der Waals surface area contributed by atoms with Gasteiger partial charge in [0.15, 0.2) is 0 Å². The summed E-state index contributed by atoms with van der Waals surface area (Å²) < 4.78 is 19.0. The molecule has 0 amide bonds. The molecule has 4 heteroatoms. The van der Waals surface area contributed by atoms with Crippen molar-refractivity contribution in [3.63, 3.8) is 0 Å². The van der Waals surface area contributed by atoms with Crippen molar-refractivity contribution < 1.29 is 9.13 Å². The zero-order chi connectivity index (χ0) is 14.7. The fraction of sp³-hybridized carbons (Fsp3) is 0.353. The molecule has 0 radical (unpaired) electrons. The van der Waals surface area contributed by atoms with Gasteiger partial charge in [0, 0.05) is 12.6 Å². The highest BCUT2D eigenvalue weighted by molar-refractivity contribution is 5.43. The number of halogens is 1. The van der Waals surface area contributed by atoms with Crippen LogP contribution < -0.4 is 10.1 Å². The van der Waals surface area contributed by atoms with Crippen molar-refractivity contribution in [3.8, 4) is 5.75 Å². The Morgan fingerprint density at radius 2 is 2.19 bits per heavy atom. The molecule has 1 aliphatic rings. The molecule has 2 aromatic rings. The zero-order valence-corrected chi connectivity index (χ0v) is 12.1. The summed E-state index contributed by atoms with van der Waals surface area (Å²) in [5.41, 5.74) is 3.20. The van der Waals surface area contributed by atoms with Crippen molar-refractivity contribution in [1.29, 1.82) is 0 Å². The quantitative estimate of drug-likeness (QED) is 0.916. The number of hydrogen-bond donors (Lipinski definition) is 1. The number of ether oxygens (including phenoxy) is 1. The molecule has 2 heterocycles. The predicted octanol–water partition coefficient (Wildman–Crippen LogP) is 3.24. The van der Waals surface area contributed by atoms with Gasteiger partial charge < -0.3 is 10.1 Å². The van der Waals surface area contributed by atoms with Crippen molar-refractivity contribution in [1.82, 2.24) is 10.3 Å². The number of nitrogens with one attached hydrogen (secondary N) is 1. The second-order valence-corrected chi connectivity index (χ2v) is 5.29. The average Bonchev–Trinajstić information content (AvgIpc) is 2.95. The molecule has 1 unspecified atom stereocenters. The van der Waals surface area contributed by atoms with Crippen LogP contribution in [0.5, 0.6) is 5.75 Å². The molecule has 1 aromatic heterocycles. The predicted molar refractivity (Wildman–Crippen MR) is 80.0 cm³/mol. The maximum Gasteiger partial charge on any atom is 0.141 e. The lowest BCUT2D eigenvalue weighted by atomic mass is 9.97. The fourth-order valence-corrected chi connectivity index (χ4v) is 2.69. The first-order valence-corrected chi connectivity index (χ1v) is 7.37.